The quantitative estimate of drug-likeness (QED) is 0.167. The van der Waals surface area contributed by atoms with Crippen molar-refractivity contribution in [1.29, 1.82) is 0 Å². The van der Waals surface area contributed by atoms with E-state index in [1.165, 1.54) is 75.8 Å². The van der Waals surface area contributed by atoms with Crippen LogP contribution in [0.1, 0.15) is 35.1 Å². The van der Waals surface area contributed by atoms with Crippen molar-refractivity contribution in [2.24, 2.45) is 0 Å². The summed E-state index contributed by atoms with van der Waals surface area (Å²) in [5, 5.41) is 2.43. The van der Waals surface area contributed by atoms with Crippen LogP contribution in [-0.4, -0.2) is 15.0 Å². The summed E-state index contributed by atoms with van der Waals surface area (Å²) >= 11 is 1.84. The third-order valence-electron chi connectivity index (χ3n) is 14.4. The van der Waals surface area contributed by atoms with E-state index in [0.29, 0.717) is 17.5 Å². The van der Waals surface area contributed by atoms with E-state index >= 15 is 0 Å². The summed E-state index contributed by atoms with van der Waals surface area (Å²) in [6.45, 7) is 0. The molecule has 68 heavy (non-hydrogen) atoms. The van der Waals surface area contributed by atoms with Crippen molar-refractivity contribution >= 4 is 37.1 Å². The summed E-state index contributed by atoms with van der Waals surface area (Å²) in [5.41, 5.74) is 20.7. The van der Waals surface area contributed by atoms with Gasteiger partial charge in [0.25, 0.3) is 0 Å². The van der Waals surface area contributed by atoms with Gasteiger partial charge in [-0.15, -0.1) is 11.3 Å². The number of nitrogens with zero attached hydrogens (tertiary/aromatic N) is 3. The molecule has 4 heteroatoms. The first kappa shape index (κ1) is 38.9. The van der Waals surface area contributed by atoms with Gasteiger partial charge in [-0.05, 0) is 133 Å². The van der Waals surface area contributed by atoms with Crippen LogP contribution in [0, 0.1) is 0 Å². The molecule has 2 heterocycles. The van der Waals surface area contributed by atoms with E-state index < -0.39 is 0 Å². The Morgan fingerprint density at radius 1 is 0.368 bits per heavy atom. The lowest BCUT2D eigenvalue weighted by Gasteiger charge is -2.33. The van der Waals surface area contributed by atoms with Gasteiger partial charge < -0.3 is 0 Å². The number of hydrogen-bond acceptors (Lipinski definition) is 4. The van der Waals surface area contributed by atoms with Gasteiger partial charge in [-0.3, -0.25) is 0 Å². The van der Waals surface area contributed by atoms with Crippen LogP contribution in [-0.2, 0) is 5.41 Å². The lowest BCUT2D eigenvalue weighted by Crippen LogP contribution is -2.27. The molecule has 318 valence electrons. The molecule has 0 aliphatic heterocycles. The van der Waals surface area contributed by atoms with Gasteiger partial charge in [-0.2, -0.15) is 0 Å². The highest BCUT2D eigenvalue weighted by molar-refractivity contribution is 7.25. The maximum atomic E-state index is 5.26. The molecule has 0 bridgehead atoms. The summed E-state index contributed by atoms with van der Waals surface area (Å²) in [5.74, 6) is 1.92. The molecule has 0 radical (unpaired) electrons. The first-order valence-electron chi connectivity index (χ1n) is 23.5. The molecule has 1 atom stereocenters. The minimum absolute atomic E-state index is 0.305. The molecule has 0 saturated heterocycles. The van der Waals surface area contributed by atoms with Crippen LogP contribution >= 0.6 is 11.3 Å². The van der Waals surface area contributed by atoms with Crippen LogP contribution in [0.2, 0.25) is 0 Å². The van der Waals surface area contributed by atoms with Crippen molar-refractivity contribution < 1.29 is 0 Å². The Kier molecular flexibility index (Phi) is 8.80. The molecular weight excluding hydrogens is 843 g/mol. The third-order valence-corrected chi connectivity index (χ3v) is 15.6. The Hall–Kier alpha value is -8.31. The lowest BCUT2D eigenvalue weighted by atomic mass is 9.68. The van der Waals surface area contributed by atoms with Gasteiger partial charge in [0.05, 0.1) is 5.41 Å². The topological polar surface area (TPSA) is 38.7 Å². The van der Waals surface area contributed by atoms with E-state index in [2.05, 4.69) is 212 Å². The monoisotopic (exact) mass is 883 g/mol. The number of allylic oxidation sites excluding steroid dienone is 4. The van der Waals surface area contributed by atoms with Crippen molar-refractivity contribution in [3.63, 3.8) is 0 Å². The normalized spacial score (nSPS) is 15.5. The second-order valence-electron chi connectivity index (χ2n) is 18.1. The summed E-state index contributed by atoms with van der Waals surface area (Å²) in [6, 6.07) is 77.1. The fourth-order valence-corrected chi connectivity index (χ4v) is 12.5. The van der Waals surface area contributed by atoms with Crippen molar-refractivity contribution in [2.75, 3.05) is 0 Å². The zero-order valence-corrected chi connectivity index (χ0v) is 37.8. The van der Waals surface area contributed by atoms with E-state index in [1.807, 2.05) is 23.5 Å². The van der Waals surface area contributed by atoms with E-state index in [-0.39, 0.29) is 5.41 Å². The first-order chi connectivity index (χ1) is 33.7. The zero-order chi connectivity index (χ0) is 44.8. The molecule has 11 aromatic rings. The van der Waals surface area contributed by atoms with Gasteiger partial charge in [-0.25, -0.2) is 15.0 Å². The molecule has 3 nitrogen and oxygen atoms in total. The molecule has 3 aliphatic rings. The average molecular weight is 884 g/mol. The molecule has 9 aromatic carbocycles. The van der Waals surface area contributed by atoms with Crippen molar-refractivity contribution in [3.8, 4) is 78.7 Å². The Labute approximate surface area is 399 Å². The summed E-state index contributed by atoms with van der Waals surface area (Å²) in [7, 11) is 0. The molecule has 1 spiro atoms. The van der Waals surface area contributed by atoms with Gasteiger partial charge in [0, 0.05) is 36.9 Å². The van der Waals surface area contributed by atoms with E-state index in [1.54, 1.807) is 0 Å². The molecule has 0 N–H and O–H groups in total. The molecule has 3 aliphatic carbocycles. The maximum Gasteiger partial charge on any atom is 0.164 e. The highest BCUT2D eigenvalue weighted by atomic mass is 32.1. The van der Waals surface area contributed by atoms with Crippen LogP contribution in [0.4, 0.5) is 0 Å². The Morgan fingerprint density at radius 2 is 0.838 bits per heavy atom. The molecule has 1 unspecified atom stereocenters. The molecule has 2 aromatic heterocycles. The number of fused-ring (bicyclic) bond motifs is 12. The highest BCUT2D eigenvalue weighted by Crippen LogP contribution is 2.64. The summed E-state index contributed by atoms with van der Waals surface area (Å²) in [6.07, 6.45) is 6.85. The number of thiophene rings is 1. The van der Waals surface area contributed by atoms with Gasteiger partial charge in [0.15, 0.2) is 17.5 Å². The Bertz CT molecular complexity index is 3820. The van der Waals surface area contributed by atoms with E-state index in [4.69, 9.17) is 15.0 Å². The molecule has 14 rings (SSSR count). The first-order valence-corrected chi connectivity index (χ1v) is 24.3. The fraction of sp³-hybridized carbons (Fsp3) is 0.0469. The van der Waals surface area contributed by atoms with Crippen LogP contribution in [0.5, 0.6) is 0 Å². The summed E-state index contributed by atoms with van der Waals surface area (Å²) in [4.78, 5) is 15.7. The van der Waals surface area contributed by atoms with Crippen LogP contribution in [0.3, 0.4) is 0 Å². The predicted molar refractivity (Wildman–Crippen MR) is 282 cm³/mol. The minimum Gasteiger partial charge on any atom is -0.208 e. The minimum atomic E-state index is -0.305. The van der Waals surface area contributed by atoms with Gasteiger partial charge >= 0.3 is 0 Å². The van der Waals surface area contributed by atoms with Gasteiger partial charge in [0.2, 0.25) is 0 Å². The lowest BCUT2D eigenvalue weighted by molar-refractivity contribution is 0.714. The largest absolute Gasteiger partial charge is 0.208 e. The highest BCUT2D eigenvalue weighted by Gasteiger charge is 2.52. The van der Waals surface area contributed by atoms with Gasteiger partial charge in [0.1, 0.15) is 0 Å². The van der Waals surface area contributed by atoms with Crippen molar-refractivity contribution in [3.05, 3.63) is 252 Å². The number of hydrogen-bond donors (Lipinski definition) is 0. The third kappa shape index (κ3) is 5.94. The molecule has 0 amide bonds. The van der Waals surface area contributed by atoms with Crippen LogP contribution < -0.4 is 0 Å². The fourth-order valence-electron chi connectivity index (χ4n) is 11.5. The van der Waals surface area contributed by atoms with Crippen molar-refractivity contribution in [2.45, 2.75) is 18.3 Å². The number of rotatable bonds is 6. The number of aromatic nitrogens is 3. The smallest absolute Gasteiger partial charge is 0.164 e. The average Bonchev–Trinajstić information content (AvgIpc) is 4.05. The van der Waals surface area contributed by atoms with E-state index in [9.17, 15) is 0 Å². The predicted octanol–water partition coefficient (Wildman–Crippen LogP) is 16.7. The van der Waals surface area contributed by atoms with Crippen LogP contribution in [0.25, 0.3) is 104 Å². The second kappa shape index (κ2) is 15.4. The summed E-state index contributed by atoms with van der Waals surface area (Å²) < 4.78 is 2.49. The standard InChI is InChI=1S/C64H41N3S/c1-3-16-40(17-4-1)42-20-13-22-45(36-42)61-65-62(46-23-14-21-43(37-46)41-18-5-2-6-19-41)67-63(66-61)47-33-35-59-53(39-47)52-38-44(32-34-58(52)68-59)48-27-15-31-57-60(48)51-26-9-12-30-56(51)64(57)54-28-10-7-24-49(54)50-25-8-11-29-55(50)64/h1-10,12-28,30-39H,11,29H2. The maximum absolute atomic E-state index is 5.26. The second-order valence-corrected chi connectivity index (χ2v) is 19.2. The zero-order valence-electron chi connectivity index (χ0n) is 37.0. The van der Waals surface area contributed by atoms with Crippen molar-refractivity contribution in [1.82, 2.24) is 15.0 Å². The van der Waals surface area contributed by atoms with E-state index in [0.717, 1.165) is 51.8 Å². The molecule has 0 fully saturated rings. The molecular formula is C64H41N3S. The SMILES string of the molecule is C1=CC2=C(CC1)C1(c3ccccc32)c2ccccc2-c2c(-c3ccc4sc5ccc(-c6nc(-c7cccc(-c8ccccc8)c7)nc(-c7cccc(-c8ccccc8)c7)n6)cc5c4c3)cccc21. The Balaban J connectivity index is 0.926. The van der Waals surface area contributed by atoms with Crippen LogP contribution in [0.15, 0.2) is 230 Å². The number of benzene rings is 9. The Morgan fingerprint density at radius 3 is 1.49 bits per heavy atom. The van der Waals surface area contributed by atoms with Gasteiger partial charge in [-0.1, -0.05) is 182 Å². The molecule has 0 saturated carbocycles.